The molecule has 0 heterocycles. The Bertz CT molecular complexity index is 726. The second-order valence-electron chi connectivity index (χ2n) is 4.68. The molecule has 0 radical (unpaired) electrons. The number of nitrogens with zero attached hydrogens (tertiary/aromatic N) is 1. The summed E-state index contributed by atoms with van der Waals surface area (Å²) in [6, 6.07) is 9.36. The first-order valence-corrected chi connectivity index (χ1v) is 6.25. The van der Waals surface area contributed by atoms with E-state index >= 15 is 0 Å². The van der Waals surface area contributed by atoms with Gasteiger partial charge in [0.15, 0.2) is 0 Å². The summed E-state index contributed by atoms with van der Waals surface area (Å²) < 4.78 is 0. The molecule has 2 rings (SSSR count). The normalized spacial score (nSPS) is 10.2. The topological polar surface area (TPSA) is 92.5 Å². The highest BCUT2D eigenvalue weighted by molar-refractivity contribution is 5.96. The highest BCUT2D eigenvalue weighted by atomic mass is 16.6. The lowest BCUT2D eigenvalue weighted by atomic mass is 10.1. The van der Waals surface area contributed by atoms with Crippen molar-refractivity contribution >= 4 is 23.0 Å². The molecule has 2 aromatic carbocycles. The lowest BCUT2D eigenvalue weighted by Gasteiger charge is -2.14. The van der Waals surface area contributed by atoms with Gasteiger partial charge in [0, 0.05) is 17.8 Å². The number of hydrogen-bond donors (Lipinski definition) is 2. The van der Waals surface area contributed by atoms with Gasteiger partial charge in [0.1, 0.15) is 0 Å². The monoisotopic (exact) mass is 286 g/mol. The summed E-state index contributed by atoms with van der Waals surface area (Å²) in [6.07, 6.45) is 0. The number of aryl methyl sites for hydroxylation is 2. The van der Waals surface area contributed by atoms with E-state index in [1.165, 1.54) is 18.2 Å². The highest BCUT2D eigenvalue weighted by Gasteiger charge is 2.14. The second kappa shape index (κ2) is 5.62. The van der Waals surface area contributed by atoms with Gasteiger partial charge in [-0.3, -0.25) is 10.1 Å². The number of para-hydroxylation sites is 1. The average molecular weight is 286 g/mol. The molecule has 0 unspecified atom stereocenters. The molecule has 6 nitrogen and oxygen atoms in total. The van der Waals surface area contributed by atoms with Crippen molar-refractivity contribution in [2.45, 2.75) is 13.8 Å². The van der Waals surface area contributed by atoms with Crippen LogP contribution in [0.4, 0.5) is 17.1 Å². The van der Waals surface area contributed by atoms with Crippen molar-refractivity contribution in [2.24, 2.45) is 0 Å². The molecule has 2 N–H and O–H groups in total. The Hall–Kier alpha value is -2.89. The molecule has 0 aliphatic heterocycles. The fourth-order valence-electron chi connectivity index (χ4n) is 2.00. The molecule has 0 saturated carbocycles. The lowest BCUT2D eigenvalue weighted by Crippen LogP contribution is -2.05. The third-order valence-electron chi connectivity index (χ3n) is 3.19. The average Bonchev–Trinajstić information content (AvgIpc) is 2.42. The molecule has 0 atom stereocenters. The molecule has 6 heteroatoms. The maximum atomic E-state index is 11.3. The summed E-state index contributed by atoms with van der Waals surface area (Å²) in [4.78, 5) is 21.6. The number of rotatable bonds is 4. The summed E-state index contributed by atoms with van der Waals surface area (Å²) in [5, 5.41) is 23.1. The van der Waals surface area contributed by atoms with Crippen LogP contribution in [0, 0.1) is 24.0 Å². The van der Waals surface area contributed by atoms with Gasteiger partial charge >= 0.3 is 5.97 Å². The zero-order valence-electron chi connectivity index (χ0n) is 11.6. The van der Waals surface area contributed by atoms with E-state index in [1.54, 1.807) is 32.0 Å². The first kappa shape index (κ1) is 14.5. The molecule has 21 heavy (non-hydrogen) atoms. The van der Waals surface area contributed by atoms with Crippen LogP contribution in [-0.2, 0) is 0 Å². The summed E-state index contributed by atoms with van der Waals surface area (Å²) in [6.45, 7) is 3.58. The number of anilines is 2. The van der Waals surface area contributed by atoms with Crippen molar-refractivity contribution in [3.8, 4) is 0 Å². The Morgan fingerprint density at radius 1 is 1.19 bits per heavy atom. The molecule has 0 bridgehead atoms. The van der Waals surface area contributed by atoms with Gasteiger partial charge in [0.25, 0.3) is 5.69 Å². The smallest absolute Gasteiger partial charge is 0.337 e. The van der Waals surface area contributed by atoms with Gasteiger partial charge in [-0.05, 0) is 31.0 Å². The quantitative estimate of drug-likeness (QED) is 0.661. The number of benzene rings is 2. The van der Waals surface area contributed by atoms with Crippen LogP contribution in [0.2, 0.25) is 0 Å². The minimum absolute atomic E-state index is 0.0476. The molecular formula is C15H14N2O4. The number of hydrogen-bond acceptors (Lipinski definition) is 4. The van der Waals surface area contributed by atoms with Crippen LogP contribution in [0.5, 0.6) is 0 Å². The van der Waals surface area contributed by atoms with Gasteiger partial charge in [-0.1, -0.05) is 18.2 Å². The Morgan fingerprint density at radius 2 is 1.90 bits per heavy atom. The van der Waals surface area contributed by atoms with Gasteiger partial charge < -0.3 is 10.4 Å². The fourth-order valence-corrected chi connectivity index (χ4v) is 2.00. The predicted octanol–water partition coefficient (Wildman–Crippen LogP) is 3.65. The molecule has 108 valence electrons. The van der Waals surface area contributed by atoms with Crippen LogP contribution in [0.1, 0.15) is 21.5 Å². The molecule has 0 saturated heterocycles. The summed E-state index contributed by atoms with van der Waals surface area (Å²) in [5.74, 6) is -1.05. The summed E-state index contributed by atoms with van der Waals surface area (Å²) >= 11 is 0. The molecule has 0 aromatic heterocycles. The zero-order chi connectivity index (χ0) is 15.6. The van der Waals surface area contributed by atoms with E-state index in [0.717, 1.165) is 11.1 Å². The number of nitrogens with one attached hydrogen (secondary N) is 1. The van der Waals surface area contributed by atoms with Gasteiger partial charge in [-0.25, -0.2) is 4.79 Å². The number of carboxylic acids is 1. The maximum Gasteiger partial charge on any atom is 0.337 e. The van der Waals surface area contributed by atoms with Crippen molar-refractivity contribution in [2.75, 3.05) is 5.32 Å². The van der Waals surface area contributed by atoms with Crippen LogP contribution in [0.15, 0.2) is 36.4 Å². The Kier molecular flexibility index (Phi) is 3.89. The van der Waals surface area contributed by atoms with Gasteiger partial charge in [-0.15, -0.1) is 0 Å². The Labute approximate surface area is 121 Å². The fraction of sp³-hybridized carbons (Fsp3) is 0.133. The maximum absolute atomic E-state index is 11.3. The molecular weight excluding hydrogens is 272 g/mol. The van der Waals surface area contributed by atoms with Crippen LogP contribution < -0.4 is 5.32 Å². The number of nitro groups is 1. The predicted molar refractivity (Wildman–Crippen MR) is 79.3 cm³/mol. The number of nitro benzene ring substituents is 1. The van der Waals surface area contributed by atoms with Crippen LogP contribution >= 0.6 is 0 Å². The van der Waals surface area contributed by atoms with E-state index in [1.807, 2.05) is 0 Å². The molecule has 0 aliphatic rings. The largest absolute Gasteiger partial charge is 0.478 e. The van der Waals surface area contributed by atoms with E-state index in [-0.39, 0.29) is 11.3 Å². The van der Waals surface area contributed by atoms with Crippen molar-refractivity contribution < 1.29 is 14.8 Å². The summed E-state index contributed by atoms with van der Waals surface area (Å²) in [5.41, 5.74) is 2.57. The van der Waals surface area contributed by atoms with Crippen LogP contribution in [0.3, 0.4) is 0 Å². The Morgan fingerprint density at radius 3 is 2.52 bits per heavy atom. The van der Waals surface area contributed by atoms with Gasteiger partial charge in [0.05, 0.1) is 16.2 Å². The van der Waals surface area contributed by atoms with Gasteiger partial charge in [-0.2, -0.15) is 0 Å². The molecule has 2 aromatic rings. The number of non-ortho nitro benzene ring substituents is 1. The van der Waals surface area contributed by atoms with Crippen LogP contribution in [-0.4, -0.2) is 16.0 Å². The third-order valence-corrected chi connectivity index (χ3v) is 3.19. The highest BCUT2D eigenvalue weighted by Crippen LogP contribution is 2.29. The standard InChI is InChI=1S/C15H14N2O4/c1-9-6-7-11(17(20)21)8-13(9)16-14-10(2)4-3-5-12(14)15(18)19/h3-8,16H,1-2H3,(H,18,19). The van der Waals surface area contributed by atoms with E-state index in [4.69, 9.17) is 0 Å². The van der Waals surface area contributed by atoms with Crippen LogP contribution in [0.25, 0.3) is 0 Å². The number of carbonyl (C=O) groups is 1. The van der Waals surface area contributed by atoms with Crippen molar-refractivity contribution in [1.82, 2.24) is 0 Å². The van der Waals surface area contributed by atoms with E-state index in [9.17, 15) is 20.0 Å². The zero-order valence-corrected chi connectivity index (χ0v) is 11.6. The summed E-state index contributed by atoms with van der Waals surface area (Å²) in [7, 11) is 0. The number of aromatic carboxylic acids is 1. The molecule has 0 fully saturated rings. The van der Waals surface area contributed by atoms with E-state index in [0.29, 0.717) is 11.4 Å². The van der Waals surface area contributed by atoms with Crippen molar-refractivity contribution in [3.63, 3.8) is 0 Å². The number of carboxylic acid groups (broad SMARTS) is 1. The molecule has 0 aliphatic carbocycles. The molecule has 0 amide bonds. The SMILES string of the molecule is Cc1ccc([N+](=O)[O-])cc1Nc1c(C)cccc1C(=O)O. The lowest BCUT2D eigenvalue weighted by molar-refractivity contribution is -0.384. The molecule has 0 spiro atoms. The van der Waals surface area contributed by atoms with E-state index in [2.05, 4.69) is 5.32 Å². The Balaban J connectivity index is 2.50. The van der Waals surface area contributed by atoms with Gasteiger partial charge in [0.2, 0.25) is 0 Å². The van der Waals surface area contributed by atoms with Crippen molar-refractivity contribution in [3.05, 3.63) is 63.2 Å². The van der Waals surface area contributed by atoms with Crippen molar-refractivity contribution in [1.29, 1.82) is 0 Å². The minimum Gasteiger partial charge on any atom is -0.478 e. The first-order chi connectivity index (χ1) is 9.90. The second-order valence-corrected chi connectivity index (χ2v) is 4.68. The minimum atomic E-state index is -1.05. The first-order valence-electron chi connectivity index (χ1n) is 6.25. The third kappa shape index (κ3) is 3.00. The van der Waals surface area contributed by atoms with E-state index < -0.39 is 10.9 Å².